The van der Waals surface area contributed by atoms with E-state index in [4.69, 9.17) is 19.4 Å². The largest absolute Gasteiger partial charge is 0.456 e. The minimum atomic E-state index is 0.602. The molecule has 0 aliphatic heterocycles. The first-order chi connectivity index (χ1) is 29.2. The van der Waals surface area contributed by atoms with E-state index in [0.717, 1.165) is 71.3 Å². The molecule has 0 fully saturated rings. The quantitative estimate of drug-likeness (QED) is 0.178. The second kappa shape index (κ2) is 12.6. The number of hydrogen-bond donors (Lipinski definition) is 0. The summed E-state index contributed by atoms with van der Waals surface area (Å²) in [5.74, 6) is 1.88. The lowest BCUT2D eigenvalue weighted by Gasteiger charge is -2.13. The van der Waals surface area contributed by atoms with Crippen molar-refractivity contribution in [3.8, 4) is 45.3 Å². The van der Waals surface area contributed by atoms with Crippen LogP contribution in [0.15, 0.2) is 180 Å². The van der Waals surface area contributed by atoms with Crippen molar-refractivity contribution in [3.63, 3.8) is 0 Å². The van der Waals surface area contributed by atoms with Crippen molar-refractivity contribution in [2.75, 3.05) is 0 Å². The van der Waals surface area contributed by atoms with Gasteiger partial charge in [0.05, 0.1) is 0 Å². The Kier molecular flexibility index (Phi) is 7.02. The zero-order valence-electron chi connectivity index (χ0n) is 31.3. The smallest absolute Gasteiger partial charge is 0.164 e. The highest BCUT2D eigenvalue weighted by Crippen LogP contribution is 2.47. The SMILES string of the molecule is c1ccc(-c2ccc3oc4cccc(-c5nc(-c6cc7ccccc7c7sc8ccccc8c67)nc(-c6cc7ccccc7c7sc8ccccc8c67)n5)c4c3c2)cc1. The summed E-state index contributed by atoms with van der Waals surface area (Å²) in [6, 6.07) is 62.4. The van der Waals surface area contributed by atoms with E-state index in [1.165, 1.54) is 40.3 Å². The molecule has 274 valence electrons. The Morgan fingerprint density at radius 2 is 0.864 bits per heavy atom. The number of aromatic nitrogens is 3. The van der Waals surface area contributed by atoms with Gasteiger partial charge in [0.2, 0.25) is 0 Å². The topological polar surface area (TPSA) is 51.8 Å². The predicted octanol–water partition coefficient (Wildman–Crippen LogP) is 15.5. The van der Waals surface area contributed by atoms with Crippen LogP contribution in [0.2, 0.25) is 0 Å². The third-order valence-electron chi connectivity index (χ3n) is 11.7. The molecule has 4 heterocycles. The molecule has 0 amide bonds. The number of furan rings is 1. The average molecular weight is 788 g/mol. The van der Waals surface area contributed by atoms with Crippen LogP contribution in [-0.2, 0) is 0 Å². The maximum atomic E-state index is 6.55. The summed E-state index contributed by atoms with van der Waals surface area (Å²) in [4.78, 5) is 16.5. The van der Waals surface area contributed by atoms with Crippen molar-refractivity contribution in [1.29, 1.82) is 0 Å². The third kappa shape index (κ3) is 4.97. The summed E-state index contributed by atoms with van der Waals surface area (Å²) < 4.78 is 11.5. The van der Waals surface area contributed by atoms with Gasteiger partial charge in [0, 0.05) is 67.8 Å². The fourth-order valence-corrected chi connectivity index (χ4v) is 11.6. The lowest BCUT2D eigenvalue weighted by atomic mass is 9.98. The summed E-state index contributed by atoms with van der Waals surface area (Å²) in [5, 5.41) is 11.5. The maximum absolute atomic E-state index is 6.55. The van der Waals surface area contributed by atoms with Crippen LogP contribution < -0.4 is 0 Å². The standard InChI is InChI=1S/C53H29N3OS2/c1-2-13-30(14-3-1)31-25-26-42-39(27-31)46-38(21-12-22-43(46)57-42)51-54-52(40-28-32-15-4-6-17-34(32)49-47(40)36-19-8-10-23-44(36)58-49)56-53(55-51)41-29-33-16-5-7-18-35(33)50-48(41)37-20-9-11-24-45(37)59-50/h1-29H. The molecule has 4 aromatic heterocycles. The van der Waals surface area contributed by atoms with Gasteiger partial charge in [0.15, 0.2) is 17.5 Å². The lowest BCUT2D eigenvalue weighted by Crippen LogP contribution is -2.01. The number of nitrogens with zero attached hydrogens (tertiary/aromatic N) is 3. The van der Waals surface area contributed by atoms with E-state index in [2.05, 4.69) is 158 Å². The lowest BCUT2D eigenvalue weighted by molar-refractivity contribution is 0.669. The Balaban J connectivity index is 1.17. The molecular formula is C53H29N3OS2. The van der Waals surface area contributed by atoms with Crippen LogP contribution in [0.1, 0.15) is 0 Å². The highest BCUT2D eigenvalue weighted by molar-refractivity contribution is 7.27. The molecule has 9 aromatic carbocycles. The molecule has 0 N–H and O–H groups in total. The van der Waals surface area contributed by atoms with Gasteiger partial charge in [-0.25, -0.2) is 15.0 Å². The Morgan fingerprint density at radius 3 is 1.47 bits per heavy atom. The highest BCUT2D eigenvalue weighted by Gasteiger charge is 2.23. The number of benzene rings is 9. The van der Waals surface area contributed by atoms with E-state index in [1.54, 1.807) is 0 Å². The van der Waals surface area contributed by atoms with Gasteiger partial charge >= 0.3 is 0 Å². The molecule has 0 saturated heterocycles. The van der Waals surface area contributed by atoms with E-state index < -0.39 is 0 Å². The number of fused-ring (bicyclic) bond motifs is 13. The third-order valence-corrected chi connectivity index (χ3v) is 14.1. The monoisotopic (exact) mass is 787 g/mol. The first-order valence-corrected chi connectivity index (χ1v) is 21.3. The highest BCUT2D eigenvalue weighted by atomic mass is 32.1. The molecule has 0 bridgehead atoms. The molecule has 13 aromatic rings. The Hall–Kier alpha value is -7.25. The van der Waals surface area contributed by atoms with Crippen molar-refractivity contribution in [2.24, 2.45) is 0 Å². The van der Waals surface area contributed by atoms with Crippen LogP contribution in [0.3, 0.4) is 0 Å². The van der Waals surface area contributed by atoms with Gasteiger partial charge < -0.3 is 4.42 Å². The van der Waals surface area contributed by atoms with Crippen LogP contribution in [0.5, 0.6) is 0 Å². The van der Waals surface area contributed by atoms with Crippen LogP contribution in [0.4, 0.5) is 0 Å². The number of thiophene rings is 2. The Morgan fingerprint density at radius 1 is 0.339 bits per heavy atom. The second-order valence-corrected chi connectivity index (χ2v) is 17.2. The predicted molar refractivity (Wildman–Crippen MR) is 250 cm³/mol. The molecule has 0 atom stereocenters. The summed E-state index contributed by atoms with van der Waals surface area (Å²) in [6.45, 7) is 0. The fraction of sp³-hybridized carbons (Fsp3) is 0. The van der Waals surface area contributed by atoms with Crippen LogP contribution >= 0.6 is 22.7 Å². The number of hydrogen-bond acceptors (Lipinski definition) is 6. The molecule has 0 aliphatic carbocycles. The van der Waals surface area contributed by atoms with E-state index in [-0.39, 0.29) is 0 Å². The molecule has 6 heteroatoms. The van der Waals surface area contributed by atoms with Crippen molar-refractivity contribution < 1.29 is 4.42 Å². The molecular weight excluding hydrogens is 759 g/mol. The van der Waals surface area contributed by atoms with Gasteiger partial charge in [-0.15, -0.1) is 22.7 Å². The van der Waals surface area contributed by atoms with Gasteiger partial charge in [-0.05, 0) is 75.1 Å². The second-order valence-electron chi connectivity index (χ2n) is 15.1. The first kappa shape index (κ1) is 32.8. The first-order valence-electron chi connectivity index (χ1n) is 19.7. The summed E-state index contributed by atoms with van der Waals surface area (Å²) in [6.07, 6.45) is 0. The Labute approximate surface area is 345 Å². The summed E-state index contributed by atoms with van der Waals surface area (Å²) in [7, 11) is 0. The number of rotatable bonds is 4. The molecule has 0 unspecified atom stereocenters. The normalized spacial score (nSPS) is 12.1. The molecule has 0 aliphatic rings. The molecule has 59 heavy (non-hydrogen) atoms. The minimum Gasteiger partial charge on any atom is -0.456 e. The van der Waals surface area contributed by atoms with Gasteiger partial charge in [-0.1, -0.05) is 133 Å². The zero-order chi connectivity index (χ0) is 38.6. The zero-order valence-corrected chi connectivity index (χ0v) is 32.9. The van der Waals surface area contributed by atoms with Crippen molar-refractivity contribution in [2.45, 2.75) is 0 Å². The molecule has 4 nitrogen and oxygen atoms in total. The van der Waals surface area contributed by atoms with E-state index in [0.29, 0.717) is 17.5 Å². The van der Waals surface area contributed by atoms with Crippen LogP contribution in [0.25, 0.3) is 129 Å². The van der Waals surface area contributed by atoms with Crippen molar-refractivity contribution in [1.82, 2.24) is 15.0 Å². The summed E-state index contributed by atoms with van der Waals surface area (Å²) in [5.41, 5.74) is 6.77. The average Bonchev–Trinajstić information content (AvgIpc) is 4.01. The van der Waals surface area contributed by atoms with Crippen molar-refractivity contribution >= 4 is 107 Å². The van der Waals surface area contributed by atoms with Gasteiger partial charge in [-0.3, -0.25) is 0 Å². The van der Waals surface area contributed by atoms with E-state index in [1.807, 2.05) is 40.9 Å². The van der Waals surface area contributed by atoms with Gasteiger partial charge in [0.25, 0.3) is 0 Å². The maximum Gasteiger partial charge on any atom is 0.164 e. The van der Waals surface area contributed by atoms with E-state index >= 15 is 0 Å². The van der Waals surface area contributed by atoms with Crippen LogP contribution in [0, 0.1) is 0 Å². The van der Waals surface area contributed by atoms with Gasteiger partial charge in [-0.2, -0.15) is 0 Å². The molecule has 0 spiro atoms. The van der Waals surface area contributed by atoms with E-state index in [9.17, 15) is 0 Å². The molecule has 13 rings (SSSR count). The fourth-order valence-electron chi connectivity index (χ4n) is 9.03. The minimum absolute atomic E-state index is 0.602. The molecule has 0 radical (unpaired) electrons. The van der Waals surface area contributed by atoms with Gasteiger partial charge in [0.1, 0.15) is 11.2 Å². The Bertz CT molecular complexity index is 3690. The van der Waals surface area contributed by atoms with Crippen LogP contribution in [-0.4, -0.2) is 15.0 Å². The van der Waals surface area contributed by atoms with Crippen molar-refractivity contribution in [3.05, 3.63) is 176 Å². The summed E-state index contributed by atoms with van der Waals surface area (Å²) >= 11 is 3.66. The molecule has 0 saturated carbocycles.